The predicted octanol–water partition coefficient (Wildman–Crippen LogP) is 2.33. The first kappa shape index (κ1) is 12.3. The molecule has 17 heavy (non-hydrogen) atoms. The van der Waals surface area contributed by atoms with Crippen molar-refractivity contribution in [3.05, 3.63) is 42.0 Å². The van der Waals surface area contributed by atoms with Gasteiger partial charge in [-0.3, -0.25) is 0 Å². The number of hydrogen-bond donors (Lipinski definition) is 0. The summed E-state index contributed by atoms with van der Waals surface area (Å²) < 4.78 is 26.4. The van der Waals surface area contributed by atoms with E-state index in [0.717, 1.165) is 12.0 Å². The Kier molecular flexibility index (Phi) is 3.35. The number of nitrogens with zero attached hydrogens (tertiary/aromatic N) is 1. The summed E-state index contributed by atoms with van der Waals surface area (Å²) in [7, 11) is -3.35. The maximum atomic E-state index is 12.4. The maximum Gasteiger partial charge on any atom is 0.243 e. The van der Waals surface area contributed by atoms with Crippen molar-refractivity contribution >= 4 is 10.0 Å². The van der Waals surface area contributed by atoms with Crippen molar-refractivity contribution in [1.82, 2.24) is 4.31 Å². The van der Waals surface area contributed by atoms with Crippen LogP contribution in [0.5, 0.6) is 0 Å². The molecule has 3 nitrogen and oxygen atoms in total. The van der Waals surface area contributed by atoms with Gasteiger partial charge in [-0.15, -0.1) is 0 Å². The maximum absolute atomic E-state index is 12.4. The largest absolute Gasteiger partial charge is 0.243 e. The molecule has 0 aliphatic carbocycles. The molecule has 1 aromatic carbocycles. The van der Waals surface area contributed by atoms with Gasteiger partial charge in [0.15, 0.2) is 0 Å². The van der Waals surface area contributed by atoms with Crippen LogP contribution >= 0.6 is 0 Å². The van der Waals surface area contributed by atoms with E-state index in [4.69, 9.17) is 0 Å². The summed E-state index contributed by atoms with van der Waals surface area (Å²) in [4.78, 5) is 0.380. The summed E-state index contributed by atoms with van der Waals surface area (Å²) in [6, 6.07) is 6.95. The van der Waals surface area contributed by atoms with Gasteiger partial charge in [-0.25, -0.2) is 8.42 Å². The first-order valence-corrected chi connectivity index (χ1v) is 7.21. The molecule has 1 aliphatic heterocycles. The topological polar surface area (TPSA) is 37.4 Å². The third-order valence-corrected chi connectivity index (χ3v) is 5.01. The van der Waals surface area contributed by atoms with Crippen LogP contribution in [-0.2, 0) is 10.0 Å². The quantitative estimate of drug-likeness (QED) is 0.757. The van der Waals surface area contributed by atoms with Crippen LogP contribution in [0.3, 0.4) is 0 Å². The minimum atomic E-state index is -3.35. The van der Waals surface area contributed by atoms with Crippen LogP contribution in [0.2, 0.25) is 0 Å². The number of rotatable bonds is 2. The molecule has 1 aliphatic rings. The summed E-state index contributed by atoms with van der Waals surface area (Å²) in [6.45, 7) is 4.41. The highest BCUT2D eigenvalue weighted by molar-refractivity contribution is 7.89. The summed E-state index contributed by atoms with van der Waals surface area (Å²) in [5.74, 6) is 0. The van der Waals surface area contributed by atoms with Gasteiger partial charge in [-0.1, -0.05) is 29.8 Å². The summed E-state index contributed by atoms with van der Waals surface area (Å²) >= 11 is 0. The zero-order chi connectivity index (χ0) is 12.5. The van der Waals surface area contributed by atoms with E-state index in [1.54, 1.807) is 16.4 Å². The van der Waals surface area contributed by atoms with Gasteiger partial charge >= 0.3 is 0 Å². The van der Waals surface area contributed by atoms with Crippen molar-refractivity contribution in [1.29, 1.82) is 0 Å². The second-order valence-electron chi connectivity index (χ2n) is 4.39. The molecule has 0 spiro atoms. The van der Waals surface area contributed by atoms with Crippen LogP contribution in [0.15, 0.2) is 41.3 Å². The van der Waals surface area contributed by atoms with E-state index in [2.05, 4.69) is 0 Å². The summed E-state index contributed by atoms with van der Waals surface area (Å²) in [5.41, 5.74) is 1.07. The van der Waals surface area contributed by atoms with Gasteiger partial charge in [0.05, 0.1) is 4.90 Å². The van der Waals surface area contributed by atoms with Crippen LogP contribution in [0, 0.1) is 6.92 Å². The van der Waals surface area contributed by atoms with Crippen LogP contribution in [0.4, 0.5) is 0 Å². The fraction of sp³-hybridized carbons (Fsp3) is 0.385. The molecule has 0 radical (unpaired) electrons. The Morgan fingerprint density at radius 2 is 1.88 bits per heavy atom. The molecule has 0 amide bonds. The average Bonchev–Trinajstić information content (AvgIpc) is 2.30. The Labute approximate surface area is 103 Å². The van der Waals surface area contributed by atoms with Gasteiger partial charge in [0.25, 0.3) is 0 Å². The molecule has 0 aromatic heterocycles. The molecule has 1 heterocycles. The Bertz CT molecular complexity index is 517. The Hall–Kier alpha value is -1.13. The lowest BCUT2D eigenvalue weighted by atomic mass is 10.2. The zero-order valence-corrected chi connectivity index (χ0v) is 10.9. The first-order chi connectivity index (χ1) is 8.01. The van der Waals surface area contributed by atoms with Crippen LogP contribution < -0.4 is 0 Å². The molecule has 0 saturated heterocycles. The van der Waals surface area contributed by atoms with Crippen LogP contribution in [-0.4, -0.2) is 25.3 Å². The van der Waals surface area contributed by atoms with Crippen LogP contribution in [0.1, 0.15) is 18.9 Å². The second kappa shape index (κ2) is 4.63. The second-order valence-corrected chi connectivity index (χ2v) is 6.28. The highest BCUT2D eigenvalue weighted by atomic mass is 32.2. The molecule has 4 heteroatoms. The molecule has 0 fully saturated rings. The van der Waals surface area contributed by atoms with Crippen molar-refractivity contribution in [2.75, 3.05) is 6.54 Å². The van der Waals surface area contributed by atoms with E-state index < -0.39 is 10.0 Å². The predicted molar refractivity (Wildman–Crippen MR) is 68.3 cm³/mol. The summed E-state index contributed by atoms with van der Waals surface area (Å²) in [5, 5.41) is 0. The average molecular weight is 251 g/mol. The van der Waals surface area contributed by atoms with Crippen LogP contribution in [0.25, 0.3) is 0 Å². The SMILES string of the molecule is Cc1ccc(S(=O)(=O)N2CCC=CC2C)cc1. The minimum absolute atomic E-state index is 0.0601. The summed E-state index contributed by atoms with van der Waals surface area (Å²) in [6.07, 6.45) is 4.76. The van der Waals surface area contributed by atoms with E-state index in [-0.39, 0.29) is 6.04 Å². The van der Waals surface area contributed by atoms with E-state index in [1.807, 2.05) is 38.1 Å². The van der Waals surface area contributed by atoms with Gasteiger partial charge in [0, 0.05) is 12.6 Å². The molecule has 1 unspecified atom stereocenters. The molecule has 0 N–H and O–H groups in total. The molecule has 0 bridgehead atoms. The number of benzene rings is 1. The van der Waals surface area contributed by atoms with E-state index in [0.29, 0.717) is 11.4 Å². The van der Waals surface area contributed by atoms with Gasteiger partial charge in [0.1, 0.15) is 0 Å². The highest BCUT2D eigenvalue weighted by Crippen LogP contribution is 2.21. The third-order valence-electron chi connectivity index (χ3n) is 3.01. The minimum Gasteiger partial charge on any atom is -0.207 e. The normalized spacial score (nSPS) is 21.6. The Morgan fingerprint density at radius 1 is 1.24 bits per heavy atom. The molecule has 0 saturated carbocycles. The van der Waals surface area contributed by atoms with Crippen molar-refractivity contribution < 1.29 is 8.42 Å². The van der Waals surface area contributed by atoms with Gasteiger partial charge in [-0.05, 0) is 32.4 Å². The van der Waals surface area contributed by atoms with Crippen molar-refractivity contribution in [2.45, 2.75) is 31.2 Å². The Balaban J connectivity index is 2.36. The van der Waals surface area contributed by atoms with E-state index in [1.165, 1.54) is 0 Å². The lowest BCUT2D eigenvalue weighted by Gasteiger charge is -2.28. The van der Waals surface area contributed by atoms with E-state index in [9.17, 15) is 8.42 Å². The molecule has 1 aromatic rings. The molecular formula is C13H17NO2S. The number of hydrogen-bond acceptors (Lipinski definition) is 2. The smallest absolute Gasteiger partial charge is 0.207 e. The van der Waals surface area contributed by atoms with Gasteiger partial charge in [0.2, 0.25) is 10.0 Å². The Morgan fingerprint density at radius 3 is 2.47 bits per heavy atom. The van der Waals surface area contributed by atoms with Crippen molar-refractivity contribution in [3.63, 3.8) is 0 Å². The van der Waals surface area contributed by atoms with Crippen molar-refractivity contribution in [3.8, 4) is 0 Å². The first-order valence-electron chi connectivity index (χ1n) is 5.77. The fourth-order valence-corrected chi connectivity index (χ4v) is 3.58. The number of sulfonamides is 1. The molecular weight excluding hydrogens is 234 g/mol. The standard InChI is InChI=1S/C13H17NO2S/c1-11-6-8-13(9-7-11)17(15,16)14-10-4-3-5-12(14)2/h3,5-9,12H,4,10H2,1-2H3. The van der Waals surface area contributed by atoms with Crippen molar-refractivity contribution in [2.24, 2.45) is 0 Å². The lowest BCUT2D eigenvalue weighted by molar-refractivity contribution is 0.370. The molecule has 1 atom stereocenters. The zero-order valence-electron chi connectivity index (χ0n) is 10.1. The van der Waals surface area contributed by atoms with Gasteiger partial charge in [-0.2, -0.15) is 4.31 Å². The fourth-order valence-electron chi connectivity index (χ4n) is 1.98. The third kappa shape index (κ3) is 2.42. The van der Waals surface area contributed by atoms with Gasteiger partial charge < -0.3 is 0 Å². The lowest BCUT2D eigenvalue weighted by Crippen LogP contribution is -2.39. The van der Waals surface area contributed by atoms with E-state index >= 15 is 0 Å². The molecule has 2 rings (SSSR count). The highest BCUT2D eigenvalue weighted by Gasteiger charge is 2.28. The molecule has 92 valence electrons. The monoisotopic (exact) mass is 251 g/mol. The number of aryl methyl sites for hydroxylation is 1.